The van der Waals surface area contributed by atoms with Crippen LogP contribution in [-0.2, 0) is 13.2 Å². The van der Waals surface area contributed by atoms with Crippen LogP contribution in [0.3, 0.4) is 0 Å². The van der Waals surface area contributed by atoms with Gasteiger partial charge in [0.25, 0.3) is 0 Å². The average Bonchev–Trinajstić information content (AvgIpc) is 3.58. The van der Waals surface area contributed by atoms with Crippen LogP contribution >= 0.6 is 0 Å². The standard InChI is InChI=1S/C32H28FN3O4/c1-22-10-11-23(2)36(22)27-12-14-28(15-13-27)38-21-29-16-17-31(40-29)32(37)35-34-19-25-7-3-4-9-30(25)39-20-24-6-5-8-26(33)18-24/h3-19H,20-21H2,1-2H3,(H,35,37)/b34-19+. The summed E-state index contributed by atoms with van der Waals surface area (Å²) in [7, 11) is 0. The summed E-state index contributed by atoms with van der Waals surface area (Å²) < 4.78 is 32.9. The normalized spacial score (nSPS) is 11.1. The number of carbonyl (C=O) groups excluding carboxylic acids is 1. The summed E-state index contributed by atoms with van der Waals surface area (Å²) in [6, 6.07) is 28.7. The molecule has 3 aromatic carbocycles. The average molecular weight is 538 g/mol. The van der Waals surface area contributed by atoms with Gasteiger partial charge in [0.15, 0.2) is 5.76 Å². The SMILES string of the molecule is Cc1ccc(C)n1-c1ccc(OCc2ccc(C(=O)N/N=C/c3ccccc3OCc3cccc(F)c3)o2)cc1. The van der Waals surface area contributed by atoms with Crippen LogP contribution in [0.1, 0.15) is 38.8 Å². The minimum Gasteiger partial charge on any atom is -0.488 e. The first kappa shape index (κ1) is 26.5. The smallest absolute Gasteiger partial charge is 0.307 e. The van der Waals surface area contributed by atoms with Crippen molar-refractivity contribution >= 4 is 12.1 Å². The van der Waals surface area contributed by atoms with Crippen LogP contribution in [0.15, 0.2) is 107 Å². The Morgan fingerprint density at radius 1 is 0.900 bits per heavy atom. The number of benzene rings is 3. The molecule has 0 aliphatic heterocycles. The van der Waals surface area contributed by atoms with Gasteiger partial charge in [0, 0.05) is 22.6 Å². The predicted octanol–water partition coefficient (Wildman–Crippen LogP) is 6.75. The molecule has 1 amide bonds. The predicted molar refractivity (Wildman–Crippen MR) is 151 cm³/mol. The second kappa shape index (κ2) is 12.2. The molecule has 0 aliphatic rings. The molecule has 0 spiro atoms. The number of hydrogen-bond acceptors (Lipinski definition) is 5. The molecule has 0 atom stereocenters. The third-order valence-corrected chi connectivity index (χ3v) is 6.20. The van der Waals surface area contributed by atoms with Gasteiger partial charge in [0.1, 0.15) is 36.3 Å². The van der Waals surface area contributed by atoms with Gasteiger partial charge in [-0.2, -0.15) is 5.10 Å². The van der Waals surface area contributed by atoms with Gasteiger partial charge in [0.05, 0.1) is 6.21 Å². The number of hydrazone groups is 1. The molecule has 2 aromatic heterocycles. The topological polar surface area (TPSA) is 78.0 Å². The van der Waals surface area contributed by atoms with Crippen molar-refractivity contribution in [2.45, 2.75) is 27.1 Å². The molecule has 0 unspecified atom stereocenters. The molecule has 8 heteroatoms. The highest BCUT2D eigenvalue weighted by Gasteiger charge is 2.12. The Morgan fingerprint density at radius 2 is 1.68 bits per heavy atom. The molecule has 0 saturated heterocycles. The molecule has 202 valence electrons. The number of ether oxygens (including phenoxy) is 2. The molecular formula is C32H28FN3O4. The molecule has 0 aliphatic carbocycles. The molecule has 1 N–H and O–H groups in total. The number of furan rings is 1. The summed E-state index contributed by atoms with van der Waals surface area (Å²) in [4.78, 5) is 12.5. The number of rotatable bonds is 10. The Balaban J connectivity index is 1.13. The van der Waals surface area contributed by atoms with Crippen molar-refractivity contribution in [3.63, 3.8) is 0 Å². The van der Waals surface area contributed by atoms with Crippen molar-refractivity contribution in [2.75, 3.05) is 0 Å². The number of hydrogen-bond donors (Lipinski definition) is 1. The summed E-state index contributed by atoms with van der Waals surface area (Å²) in [5.41, 5.74) is 7.20. The van der Waals surface area contributed by atoms with E-state index in [0.29, 0.717) is 28.4 Å². The minimum atomic E-state index is -0.498. The third kappa shape index (κ3) is 6.47. The van der Waals surface area contributed by atoms with Gasteiger partial charge in [-0.05, 0) is 92.2 Å². The highest BCUT2D eigenvalue weighted by molar-refractivity contribution is 5.92. The third-order valence-electron chi connectivity index (χ3n) is 6.20. The zero-order valence-electron chi connectivity index (χ0n) is 22.1. The van der Waals surface area contributed by atoms with Gasteiger partial charge in [-0.1, -0.05) is 24.3 Å². The number of para-hydroxylation sites is 1. The van der Waals surface area contributed by atoms with Crippen molar-refractivity contribution in [1.82, 2.24) is 9.99 Å². The van der Waals surface area contributed by atoms with E-state index in [1.54, 1.807) is 36.4 Å². The fourth-order valence-electron chi connectivity index (χ4n) is 4.22. The molecule has 0 fully saturated rings. The zero-order valence-corrected chi connectivity index (χ0v) is 22.1. The van der Waals surface area contributed by atoms with Crippen molar-refractivity contribution in [1.29, 1.82) is 0 Å². The fourth-order valence-corrected chi connectivity index (χ4v) is 4.22. The van der Waals surface area contributed by atoms with E-state index >= 15 is 0 Å². The second-order valence-electron chi connectivity index (χ2n) is 9.16. The molecular weight excluding hydrogens is 509 g/mol. The highest BCUT2D eigenvalue weighted by Crippen LogP contribution is 2.21. The Kier molecular flexibility index (Phi) is 8.06. The van der Waals surface area contributed by atoms with Crippen molar-refractivity contribution < 1.29 is 23.1 Å². The first-order chi connectivity index (χ1) is 19.5. The van der Waals surface area contributed by atoms with Gasteiger partial charge in [-0.15, -0.1) is 0 Å². The summed E-state index contributed by atoms with van der Waals surface area (Å²) in [6.07, 6.45) is 1.48. The Bertz CT molecular complexity index is 1620. The van der Waals surface area contributed by atoms with Crippen LogP contribution in [0.4, 0.5) is 4.39 Å². The van der Waals surface area contributed by atoms with E-state index in [-0.39, 0.29) is 24.8 Å². The zero-order chi connectivity index (χ0) is 27.9. The largest absolute Gasteiger partial charge is 0.488 e. The number of nitrogens with zero attached hydrogens (tertiary/aromatic N) is 2. The van der Waals surface area contributed by atoms with Gasteiger partial charge in [-0.25, -0.2) is 9.82 Å². The van der Waals surface area contributed by atoms with Crippen molar-refractivity contribution in [3.05, 3.63) is 137 Å². The molecule has 7 nitrogen and oxygen atoms in total. The Labute approximate surface area is 231 Å². The summed E-state index contributed by atoms with van der Waals surface area (Å²) in [5, 5.41) is 4.03. The number of carbonyl (C=O) groups is 1. The fraction of sp³-hybridized carbons (Fsp3) is 0.125. The van der Waals surface area contributed by atoms with E-state index in [1.807, 2.05) is 36.4 Å². The van der Waals surface area contributed by atoms with E-state index in [4.69, 9.17) is 13.9 Å². The lowest BCUT2D eigenvalue weighted by Gasteiger charge is -2.10. The highest BCUT2D eigenvalue weighted by atomic mass is 19.1. The van der Waals surface area contributed by atoms with Crippen LogP contribution in [-0.4, -0.2) is 16.7 Å². The number of aromatic nitrogens is 1. The van der Waals surface area contributed by atoms with Gasteiger partial charge in [-0.3, -0.25) is 4.79 Å². The second-order valence-corrected chi connectivity index (χ2v) is 9.16. The molecule has 0 radical (unpaired) electrons. The van der Waals surface area contributed by atoms with Gasteiger partial charge >= 0.3 is 5.91 Å². The first-order valence-electron chi connectivity index (χ1n) is 12.7. The molecule has 0 saturated carbocycles. The van der Waals surface area contributed by atoms with Gasteiger partial charge in [0.2, 0.25) is 0 Å². The van der Waals surface area contributed by atoms with E-state index in [0.717, 1.165) is 17.1 Å². The van der Waals surface area contributed by atoms with E-state index in [2.05, 4.69) is 41.1 Å². The first-order valence-corrected chi connectivity index (χ1v) is 12.7. The number of aryl methyl sites for hydroxylation is 2. The quantitative estimate of drug-likeness (QED) is 0.158. The summed E-state index contributed by atoms with van der Waals surface area (Å²) in [6.45, 7) is 4.51. The van der Waals surface area contributed by atoms with E-state index in [9.17, 15) is 9.18 Å². The summed E-state index contributed by atoms with van der Waals surface area (Å²) in [5.74, 6) is 1.04. The van der Waals surface area contributed by atoms with Crippen LogP contribution in [0.2, 0.25) is 0 Å². The van der Waals surface area contributed by atoms with E-state index < -0.39 is 5.91 Å². The van der Waals surface area contributed by atoms with E-state index in [1.165, 1.54) is 18.3 Å². The van der Waals surface area contributed by atoms with Crippen molar-refractivity contribution in [3.8, 4) is 17.2 Å². The maximum atomic E-state index is 13.4. The molecule has 5 aromatic rings. The molecule has 40 heavy (non-hydrogen) atoms. The van der Waals surface area contributed by atoms with Crippen LogP contribution in [0, 0.1) is 19.7 Å². The minimum absolute atomic E-state index is 0.111. The molecule has 5 rings (SSSR count). The Hall–Kier alpha value is -5.11. The number of nitrogens with one attached hydrogen (secondary N) is 1. The lowest BCUT2D eigenvalue weighted by atomic mass is 10.2. The van der Waals surface area contributed by atoms with Gasteiger partial charge < -0.3 is 18.5 Å². The maximum absolute atomic E-state index is 13.4. The molecule has 0 bridgehead atoms. The lowest BCUT2D eigenvalue weighted by molar-refractivity contribution is 0.0923. The summed E-state index contributed by atoms with van der Waals surface area (Å²) >= 11 is 0. The maximum Gasteiger partial charge on any atom is 0.307 e. The van der Waals surface area contributed by atoms with Crippen LogP contribution in [0.25, 0.3) is 5.69 Å². The number of amides is 1. The van der Waals surface area contributed by atoms with Crippen LogP contribution < -0.4 is 14.9 Å². The Morgan fingerprint density at radius 3 is 2.45 bits per heavy atom. The van der Waals surface area contributed by atoms with Crippen molar-refractivity contribution in [2.24, 2.45) is 5.10 Å². The molecule has 2 heterocycles. The van der Waals surface area contributed by atoms with Crippen LogP contribution in [0.5, 0.6) is 11.5 Å². The lowest BCUT2D eigenvalue weighted by Crippen LogP contribution is -2.16. The monoisotopic (exact) mass is 537 g/mol. The number of halogens is 1.